The number of fused-ring (bicyclic) bond motifs is 1. The highest BCUT2D eigenvalue weighted by Gasteiger charge is 2.40. The van der Waals surface area contributed by atoms with Crippen molar-refractivity contribution in [3.8, 4) is 0 Å². The zero-order valence-electron chi connectivity index (χ0n) is 23.9. The molecule has 0 spiro atoms. The number of aromatic carboxylic acids is 1. The third kappa shape index (κ3) is 5.78. The number of hydrogen-bond acceptors (Lipinski definition) is 2. The summed E-state index contributed by atoms with van der Waals surface area (Å²) in [5.41, 5.74) is 8.73. The van der Waals surface area contributed by atoms with E-state index in [1.54, 1.807) is 30.3 Å². The smallest absolute Gasteiger partial charge is 0.335 e. The lowest BCUT2D eigenvalue weighted by Gasteiger charge is -2.44. The van der Waals surface area contributed by atoms with Gasteiger partial charge in [0.15, 0.2) is 0 Å². The van der Waals surface area contributed by atoms with Crippen LogP contribution < -0.4 is 0 Å². The average Bonchev–Trinajstić information content (AvgIpc) is 2.85. The molecular formula is C35H42O3. The molecule has 0 amide bonds. The standard InChI is InChI=1S/C35H42O3/c1-23-8-15-28(16-9-23)35(6,7)22-27-20-26(21-29-31(27)34(4,5)19-18-33(29,2)3)30(36)17-12-24-10-13-25(14-11-24)32(37)38/h8-17,20-21,30,36H,18-19,22H2,1-7H3,(H,37,38)/b17-12+. The zero-order chi connectivity index (χ0) is 27.9. The van der Waals surface area contributed by atoms with Crippen molar-refractivity contribution in [2.75, 3.05) is 0 Å². The topological polar surface area (TPSA) is 57.5 Å². The monoisotopic (exact) mass is 510 g/mol. The lowest BCUT2D eigenvalue weighted by molar-refractivity contribution is 0.0697. The third-order valence-corrected chi connectivity index (χ3v) is 8.46. The van der Waals surface area contributed by atoms with Crippen molar-refractivity contribution in [3.05, 3.63) is 111 Å². The molecule has 1 aliphatic rings. The number of aliphatic hydroxyl groups excluding tert-OH is 1. The van der Waals surface area contributed by atoms with Gasteiger partial charge in [-0.3, -0.25) is 0 Å². The lowest BCUT2D eigenvalue weighted by atomic mass is 9.60. The first kappa shape index (κ1) is 27.9. The van der Waals surface area contributed by atoms with Crippen LogP contribution in [0.2, 0.25) is 0 Å². The van der Waals surface area contributed by atoms with Crippen molar-refractivity contribution in [2.24, 2.45) is 0 Å². The summed E-state index contributed by atoms with van der Waals surface area (Å²) in [6, 6.07) is 20.0. The fraction of sp³-hybridized carbons (Fsp3) is 0.400. The van der Waals surface area contributed by atoms with E-state index in [9.17, 15) is 9.90 Å². The van der Waals surface area contributed by atoms with Gasteiger partial charge in [0.25, 0.3) is 0 Å². The van der Waals surface area contributed by atoms with Gasteiger partial charge in [-0.1, -0.05) is 108 Å². The fourth-order valence-corrected chi connectivity index (χ4v) is 5.89. The van der Waals surface area contributed by atoms with Crippen molar-refractivity contribution in [1.29, 1.82) is 0 Å². The third-order valence-electron chi connectivity index (χ3n) is 8.46. The van der Waals surface area contributed by atoms with Gasteiger partial charge in [-0.25, -0.2) is 4.79 Å². The van der Waals surface area contributed by atoms with Crippen LogP contribution in [0.15, 0.2) is 66.7 Å². The minimum atomic E-state index is -0.943. The molecule has 3 nitrogen and oxygen atoms in total. The summed E-state index contributed by atoms with van der Waals surface area (Å²) < 4.78 is 0. The Morgan fingerprint density at radius 2 is 1.55 bits per heavy atom. The van der Waals surface area contributed by atoms with E-state index < -0.39 is 12.1 Å². The average molecular weight is 511 g/mol. The summed E-state index contributed by atoms with van der Waals surface area (Å²) in [4.78, 5) is 11.2. The molecule has 0 saturated heterocycles. The van der Waals surface area contributed by atoms with Gasteiger partial charge in [0.2, 0.25) is 0 Å². The molecule has 38 heavy (non-hydrogen) atoms. The molecule has 0 aromatic heterocycles. The minimum Gasteiger partial charge on any atom is -0.478 e. The lowest BCUT2D eigenvalue weighted by Crippen LogP contribution is -2.36. The fourth-order valence-electron chi connectivity index (χ4n) is 5.89. The zero-order valence-corrected chi connectivity index (χ0v) is 23.9. The van der Waals surface area contributed by atoms with Gasteiger partial charge < -0.3 is 10.2 Å². The van der Waals surface area contributed by atoms with E-state index in [4.69, 9.17) is 5.11 Å². The van der Waals surface area contributed by atoms with Crippen molar-refractivity contribution < 1.29 is 15.0 Å². The van der Waals surface area contributed by atoms with E-state index in [1.807, 2.05) is 6.08 Å². The molecule has 0 saturated carbocycles. The number of carboxylic acids is 1. The van der Waals surface area contributed by atoms with E-state index in [0.717, 1.165) is 30.4 Å². The molecule has 1 atom stereocenters. The van der Waals surface area contributed by atoms with Crippen molar-refractivity contribution >= 4 is 12.0 Å². The Morgan fingerprint density at radius 3 is 2.16 bits per heavy atom. The Balaban J connectivity index is 1.76. The van der Waals surface area contributed by atoms with Crippen LogP contribution in [0.1, 0.15) is 110 Å². The Bertz CT molecular complexity index is 1340. The van der Waals surface area contributed by atoms with Gasteiger partial charge in [0.1, 0.15) is 0 Å². The van der Waals surface area contributed by atoms with Crippen LogP contribution in [0.4, 0.5) is 0 Å². The van der Waals surface area contributed by atoms with Crippen molar-refractivity contribution in [1.82, 2.24) is 0 Å². The molecule has 0 bridgehead atoms. The summed E-state index contributed by atoms with van der Waals surface area (Å²) in [5, 5.41) is 20.5. The predicted octanol–water partition coefficient (Wildman–Crippen LogP) is 8.31. The van der Waals surface area contributed by atoms with E-state index in [0.29, 0.717) is 0 Å². The van der Waals surface area contributed by atoms with Crippen LogP contribution in [0.25, 0.3) is 6.08 Å². The number of carboxylic acid groups (broad SMARTS) is 1. The molecule has 4 rings (SSSR count). The van der Waals surface area contributed by atoms with Crippen LogP contribution >= 0.6 is 0 Å². The quantitative estimate of drug-likeness (QED) is 0.336. The van der Waals surface area contributed by atoms with E-state index in [-0.39, 0.29) is 21.8 Å². The maximum atomic E-state index is 11.3. The molecule has 1 unspecified atom stereocenters. The molecule has 0 fully saturated rings. The van der Waals surface area contributed by atoms with Gasteiger partial charge in [-0.2, -0.15) is 0 Å². The first-order valence-electron chi connectivity index (χ1n) is 13.6. The summed E-state index contributed by atoms with van der Waals surface area (Å²) in [7, 11) is 0. The second kappa shape index (κ2) is 10.2. The largest absolute Gasteiger partial charge is 0.478 e. The number of aliphatic hydroxyl groups is 1. The summed E-state index contributed by atoms with van der Waals surface area (Å²) >= 11 is 0. The van der Waals surface area contributed by atoms with E-state index in [2.05, 4.69) is 84.9 Å². The van der Waals surface area contributed by atoms with Crippen molar-refractivity contribution in [2.45, 2.75) is 90.1 Å². The first-order chi connectivity index (χ1) is 17.7. The maximum absolute atomic E-state index is 11.3. The van der Waals surface area contributed by atoms with E-state index >= 15 is 0 Å². The normalized spacial score (nSPS) is 17.3. The van der Waals surface area contributed by atoms with Crippen LogP contribution in [-0.2, 0) is 22.7 Å². The summed E-state index contributed by atoms with van der Waals surface area (Å²) in [5.74, 6) is -0.943. The highest BCUT2D eigenvalue weighted by atomic mass is 16.4. The SMILES string of the molecule is Cc1ccc(C(C)(C)Cc2cc(C(O)/C=C/c3ccc(C(=O)O)cc3)cc3c2C(C)(C)CCC3(C)C)cc1. The number of aryl methyl sites for hydroxylation is 1. The van der Waals surface area contributed by atoms with Gasteiger partial charge >= 0.3 is 5.97 Å². The molecule has 0 radical (unpaired) electrons. The molecule has 3 aromatic rings. The molecule has 0 aliphatic heterocycles. The molecule has 1 aliphatic carbocycles. The first-order valence-corrected chi connectivity index (χ1v) is 13.6. The second-order valence-electron chi connectivity index (χ2n) is 13.0. The predicted molar refractivity (Wildman–Crippen MR) is 157 cm³/mol. The minimum absolute atomic E-state index is 0.0275. The Hall–Kier alpha value is -3.17. The second-order valence-corrected chi connectivity index (χ2v) is 13.0. The maximum Gasteiger partial charge on any atom is 0.335 e. The van der Waals surface area contributed by atoms with Crippen LogP contribution in [0.5, 0.6) is 0 Å². The Morgan fingerprint density at radius 1 is 0.947 bits per heavy atom. The molecule has 200 valence electrons. The Kier molecular flexibility index (Phi) is 7.47. The highest BCUT2D eigenvalue weighted by molar-refractivity contribution is 5.87. The Labute approximate surface area is 228 Å². The highest BCUT2D eigenvalue weighted by Crippen LogP contribution is 2.49. The molecule has 0 heterocycles. The molecule has 3 heteroatoms. The molecule has 2 N–H and O–H groups in total. The molecule has 3 aromatic carbocycles. The number of carbonyl (C=O) groups is 1. The number of rotatable bonds is 7. The number of hydrogen-bond donors (Lipinski definition) is 2. The van der Waals surface area contributed by atoms with Gasteiger partial charge in [-0.05, 0) is 87.9 Å². The van der Waals surface area contributed by atoms with E-state index in [1.165, 1.54) is 27.8 Å². The van der Waals surface area contributed by atoms with Crippen LogP contribution in [0.3, 0.4) is 0 Å². The van der Waals surface area contributed by atoms with Gasteiger partial charge in [-0.15, -0.1) is 0 Å². The van der Waals surface area contributed by atoms with Crippen molar-refractivity contribution in [3.63, 3.8) is 0 Å². The van der Waals surface area contributed by atoms with Gasteiger partial charge in [0.05, 0.1) is 11.7 Å². The van der Waals surface area contributed by atoms with Gasteiger partial charge in [0, 0.05) is 0 Å². The molecular weight excluding hydrogens is 468 g/mol. The summed E-state index contributed by atoms with van der Waals surface area (Å²) in [6.07, 6.45) is 6.03. The number of benzene rings is 3. The van der Waals surface area contributed by atoms with Crippen LogP contribution in [0, 0.1) is 6.92 Å². The summed E-state index contributed by atoms with van der Waals surface area (Å²) in [6.45, 7) is 16.1. The van der Waals surface area contributed by atoms with Crippen LogP contribution in [-0.4, -0.2) is 16.2 Å².